The van der Waals surface area contributed by atoms with Crippen molar-refractivity contribution in [1.29, 1.82) is 0 Å². The Balaban J connectivity index is 2.82. The Bertz CT molecular complexity index is 227. The molecule has 102 valence electrons. The van der Waals surface area contributed by atoms with Gasteiger partial charge in [0.2, 0.25) is 0 Å². The van der Waals surface area contributed by atoms with Crippen LogP contribution in [0.25, 0.3) is 0 Å². The minimum Gasteiger partial charge on any atom is -0.373 e. The molecule has 17 heavy (non-hydrogen) atoms. The van der Waals surface area contributed by atoms with Crippen LogP contribution in [0, 0.1) is 5.41 Å². The second-order valence-electron chi connectivity index (χ2n) is 6.59. The van der Waals surface area contributed by atoms with Crippen LogP contribution in [0.15, 0.2) is 0 Å². The molecule has 1 rings (SSSR count). The van der Waals surface area contributed by atoms with Crippen molar-refractivity contribution in [2.24, 2.45) is 11.1 Å². The molecular formula is C14H30N2O. The molecular weight excluding hydrogens is 212 g/mol. The molecule has 1 aliphatic heterocycles. The molecule has 0 bridgehead atoms. The number of rotatable bonds is 3. The number of nitrogens with two attached hydrogens (primary N) is 1. The summed E-state index contributed by atoms with van der Waals surface area (Å²) in [6, 6.07) is 0.675. The lowest BCUT2D eigenvalue weighted by atomic mass is 9.80. The molecule has 3 heteroatoms. The van der Waals surface area contributed by atoms with Crippen molar-refractivity contribution in [3.05, 3.63) is 0 Å². The predicted octanol–water partition coefficient (Wildman–Crippen LogP) is 2.25. The fraction of sp³-hybridized carbons (Fsp3) is 1.00. The average molecular weight is 242 g/mol. The molecule has 1 saturated heterocycles. The summed E-state index contributed by atoms with van der Waals surface area (Å²) in [6.45, 7) is 15.4. The zero-order chi connectivity index (χ0) is 13.2. The highest BCUT2D eigenvalue weighted by atomic mass is 16.5. The third-order valence-corrected chi connectivity index (χ3v) is 3.61. The molecule has 4 unspecified atom stereocenters. The van der Waals surface area contributed by atoms with Crippen molar-refractivity contribution in [3.63, 3.8) is 0 Å². The van der Waals surface area contributed by atoms with Crippen LogP contribution in [0.1, 0.15) is 48.0 Å². The summed E-state index contributed by atoms with van der Waals surface area (Å²) in [5.74, 6) is 0. The van der Waals surface area contributed by atoms with Crippen molar-refractivity contribution in [3.8, 4) is 0 Å². The summed E-state index contributed by atoms with van der Waals surface area (Å²) >= 11 is 0. The largest absolute Gasteiger partial charge is 0.373 e. The first-order valence-electron chi connectivity index (χ1n) is 6.90. The van der Waals surface area contributed by atoms with Crippen LogP contribution < -0.4 is 5.73 Å². The average Bonchev–Trinajstić information content (AvgIpc) is 2.13. The molecule has 1 fully saturated rings. The summed E-state index contributed by atoms with van der Waals surface area (Å²) in [4.78, 5) is 2.53. The maximum absolute atomic E-state index is 6.34. The molecule has 1 heterocycles. The van der Waals surface area contributed by atoms with Crippen LogP contribution in [0.2, 0.25) is 0 Å². The summed E-state index contributed by atoms with van der Waals surface area (Å²) in [5, 5.41) is 0. The molecule has 0 spiro atoms. The topological polar surface area (TPSA) is 38.5 Å². The molecule has 1 aliphatic rings. The summed E-state index contributed by atoms with van der Waals surface area (Å²) < 4.78 is 5.81. The first-order valence-corrected chi connectivity index (χ1v) is 6.90. The normalized spacial score (nSPS) is 31.2. The smallest absolute Gasteiger partial charge is 0.0678 e. The van der Waals surface area contributed by atoms with Gasteiger partial charge >= 0.3 is 0 Å². The van der Waals surface area contributed by atoms with Gasteiger partial charge in [0.05, 0.1) is 12.2 Å². The van der Waals surface area contributed by atoms with Gasteiger partial charge in [0.25, 0.3) is 0 Å². The number of ether oxygens (including phenoxy) is 1. The second kappa shape index (κ2) is 5.68. The molecule has 0 amide bonds. The Morgan fingerprint density at radius 2 is 1.71 bits per heavy atom. The molecule has 0 radical (unpaired) electrons. The van der Waals surface area contributed by atoms with E-state index in [-0.39, 0.29) is 11.5 Å². The Kier molecular flexibility index (Phi) is 4.99. The van der Waals surface area contributed by atoms with Crippen molar-refractivity contribution in [1.82, 2.24) is 4.90 Å². The van der Waals surface area contributed by atoms with Crippen molar-refractivity contribution in [2.45, 2.75) is 72.3 Å². The highest BCUT2D eigenvalue weighted by Crippen LogP contribution is 2.29. The zero-order valence-electron chi connectivity index (χ0n) is 12.4. The molecule has 0 saturated carbocycles. The molecule has 0 aromatic heterocycles. The van der Waals surface area contributed by atoms with E-state index in [1.807, 2.05) is 0 Å². The van der Waals surface area contributed by atoms with Crippen LogP contribution in [0.4, 0.5) is 0 Å². The summed E-state index contributed by atoms with van der Waals surface area (Å²) in [6.07, 6.45) is 1.66. The van der Waals surface area contributed by atoms with Gasteiger partial charge in [-0.05, 0) is 25.7 Å². The standard InChI is InChI=1S/C14H30N2O/c1-7-12(15)13(14(4,5)6)16-8-10(2)17-11(3)9-16/h10-13H,7-9,15H2,1-6H3. The van der Waals surface area contributed by atoms with Crippen LogP contribution in [0.3, 0.4) is 0 Å². The first-order chi connectivity index (χ1) is 7.75. The third kappa shape index (κ3) is 3.94. The van der Waals surface area contributed by atoms with Gasteiger partial charge in [0, 0.05) is 25.2 Å². The quantitative estimate of drug-likeness (QED) is 0.825. The van der Waals surface area contributed by atoms with E-state index < -0.39 is 0 Å². The first kappa shape index (κ1) is 14.9. The molecule has 3 nitrogen and oxygen atoms in total. The van der Waals surface area contributed by atoms with E-state index in [2.05, 4.69) is 46.4 Å². The van der Waals surface area contributed by atoms with E-state index in [9.17, 15) is 0 Å². The molecule has 0 aromatic carbocycles. The molecule has 0 aliphatic carbocycles. The number of nitrogens with zero attached hydrogens (tertiary/aromatic N) is 1. The second-order valence-corrected chi connectivity index (χ2v) is 6.59. The fourth-order valence-electron chi connectivity index (χ4n) is 3.13. The van der Waals surface area contributed by atoms with Crippen molar-refractivity contribution < 1.29 is 4.74 Å². The minimum atomic E-state index is 0.214. The fourth-order valence-corrected chi connectivity index (χ4v) is 3.13. The highest BCUT2D eigenvalue weighted by molar-refractivity contribution is 4.93. The van der Waals surface area contributed by atoms with Gasteiger partial charge in [-0.2, -0.15) is 0 Å². The Morgan fingerprint density at radius 1 is 1.24 bits per heavy atom. The number of hydrogen-bond acceptors (Lipinski definition) is 3. The van der Waals surface area contributed by atoms with Gasteiger partial charge in [-0.1, -0.05) is 27.7 Å². The van der Waals surface area contributed by atoms with Crippen LogP contribution in [0.5, 0.6) is 0 Å². The molecule has 4 atom stereocenters. The van der Waals surface area contributed by atoms with Crippen LogP contribution in [-0.2, 0) is 4.74 Å². The van der Waals surface area contributed by atoms with Gasteiger partial charge in [-0.25, -0.2) is 0 Å². The van der Waals surface area contributed by atoms with E-state index in [0.717, 1.165) is 19.5 Å². The molecule has 0 aromatic rings. The Morgan fingerprint density at radius 3 is 2.06 bits per heavy atom. The summed E-state index contributed by atoms with van der Waals surface area (Å²) in [7, 11) is 0. The van der Waals surface area contributed by atoms with Crippen molar-refractivity contribution >= 4 is 0 Å². The van der Waals surface area contributed by atoms with E-state index in [1.165, 1.54) is 0 Å². The highest BCUT2D eigenvalue weighted by Gasteiger charge is 2.37. The van der Waals surface area contributed by atoms with Gasteiger partial charge in [0.1, 0.15) is 0 Å². The lowest BCUT2D eigenvalue weighted by molar-refractivity contribution is -0.0971. The van der Waals surface area contributed by atoms with E-state index >= 15 is 0 Å². The van der Waals surface area contributed by atoms with Gasteiger partial charge < -0.3 is 10.5 Å². The van der Waals surface area contributed by atoms with Crippen LogP contribution in [-0.4, -0.2) is 42.3 Å². The lowest BCUT2D eigenvalue weighted by Crippen LogP contribution is -2.60. The van der Waals surface area contributed by atoms with Gasteiger partial charge in [-0.15, -0.1) is 0 Å². The SMILES string of the molecule is CCC(N)C(N1CC(C)OC(C)C1)C(C)(C)C. The molecule has 2 N–H and O–H groups in total. The van der Waals surface area contributed by atoms with Crippen molar-refractivity contribution in [2.75, 3.05) is 13.1 Å². The number of hydrogen-bond donors (Lipinski definition) is 1. The lowest BCUT2D eigenvalue weighted by Gasteiger charge is -2.47. The Labute approximate surface area is 107 Å². The monoisotopic (exact) mass is 242 g/mol. The van der Waals surface area contributed by atoms with Gasteiger partial charge in [-0.3, -0.25) is 4.90 Å². The Hall–Kier alpha value is -0.120. The maximum Gasteiger partial charge on any atom is 0.0678 e. The van der Waals surface area contributed by atoms with E-state index in [0.29, 0.717) is 18.2 Å². The third-order valence-electron chi connectivity index (χ3n) is 3.61. The van der Waals surface area contributed by atoms with Crippen LogP contribution >= 0.6 is 0 Å². The predicted molar refractivity (Wildman–Crippen MR) is 73.1 cm³/mol. The van der Waals surface area contributed by atoms with Gasteiger partial charge in [0.15, 0.2) is 0 Å². The minimum absolute atomic E-state index is 0.214. The zero-order valence-corrected chi connectivity index (χ0v) is 12.4. The summed E-state index contributed by atoms with van der Waals surface area (Å²) in [5.41, 5.74) is 6.56. The van der Waals surface area contributed by atoms with E-state index in [4.69, 9.17) is 10.5 Å². The maximum atomic E-state index is 6.34. The number of morpholine rings is 1. The van der Waals surface area contributed by atoms with E-state index in [1.54, 1.807) is 0 Å².